The zero-order chi connectivity index (χ0) is 15.8. The van der Waals surface area contributed by atoms with Gasteiger partial charge in [-0.3, -0.25) is 0 Å². The van der Waals surface area contributed by atoms with Crippen LogP contribution in [0.1, 0.15) is 13.8 Å². The summed E-state index contributed by atoms with van der Waals surface area (Å²) in [6.07, 6.45) is 0. The van der Waals surface area contributed by atoms with Crippen LogP contribution in [-0.2, 0) is 19.4 Å². The van der Waals surface area contributed by atoms with Crippen molar-refractivity contribution in [3.8, 4) is 0 Å². The summed E-state index contributed by atoms with van der Waals surface area (Å²) in [5.41, 5.74) is -0.640. The first kappa shape index (κ1) is 16.0. The largest absolute Gasteiger partial charge is 0.480 e. The van der Waals surface area contributed by atoms with E-state index in [1.165, 1.54) is 0 Å². The summed E-state index contributed by atoms with van der Waals surface area (Å²) in [7, 11) is -3.06. The van der Waals surface area contributed by atoms with Crippen LogP contribution in [0, 0.1) is 0 Å². The van der Waals surface area contributed by atoms with Gasteiger partial charge in [-0.15, -0.1) is 0 Å². The molecule has 0 aromatic rings. The summed E-state index contributed by atoms with van der Waals surface area (Å²) >= 11 is 0. The molecule has 2 aliphatic heterocycles. The Balaban J connectivity index is 1.88. The van der Waals surface area contributed by atoms with E-state index in [2.05, 4.69) is 0 Å². The Labute approximate surface area is 123 Å². The van der Waals surface area contributed by atoms with E-state index < -0.39 is 28.0 Å². The van der Waals surface area contributed by atoms with Crippen LogP contribution < -0.4 is 0 Å². The van der Waals surface area contributed by atoms with E-state index in [9.17, 15) is 18.0 Å². The summed E-state index contributed by atoms with van der Waals surface area (Å²) in [6.45, 7) is 3.91. The molecule has 0 aliphatic carbocycles. The van der Waals surface area contributed by atoms with Crippen molar-refractivity contribution in [1.82, 2.24) is 9.80 Å². The molecular formula is C12H20N2O6S. The second-order valence-corrected chi connectivity index (χ2v) is 8.16. The summed E-state index contributed by atoms with van der Waals surface area (Å²) in [4.78, 5) is 25.9. The average Bonchev–Trinajstić information content (AvgIpc) is 2.31. The molecule has 0 bridgehead atoms. The molecule has 2 rings (SSSR count). The third-order valence-corrected chi connectivity index (χ3v) is 5.58. The molecule has 1 atom stereocenters. The van der Waals surface area contributed by atoms with Gasteiger partial charge in [-0.25, -0.2) is 18.0 Å². The number of carboxylic acids is 1. The number of aliphatic carboxylic acids is 1. The number of sulfone groups is 1. The number of carboxylic acid groups (broad SMARTS) is 1. The van der Waals surface area contributed by atoms with Gasteiger partial charge in [-0.2, -0.15) is 0 Å². The zero-order valence-electron chi connectivity index (χ0n) is 12.1. The zero-order valence-corrected chi connectivity index (χ0v) is 12.9. The van der Waals surface area contributed by atoms with Crippen molar-refractivity contribution >= 4 is 21.8 Å². The van der Waals surface area contributed by atoms with Crippen LogP contribution in [0.25, 0.3) is 0 Å². The highest BCUT2D eigenvalue weighted by molar-refractivity contribution is 7.91. The Hall–Kier alpha value is -1.35. The lowest BCUT2D eigenvalue weighted by atomic mass is 9.97. The highest BCUT2D eigenvalue weighted by atomic mass is 32.2. The molecule has 2 heterocycles. The standard InChI is InChI=1S/C12H20N2O6S/c1-9-6-21(18,19)4-3-14(9)11(17)13-7-12(2,8-13)20-5-10(15)16/h9H,3-8H2,1-2H3,(H,15,16). The number of carbonyl (C=O) groups excluding carboxylic acids is 1. The first-order chi connectivity index (χ1) is 9.62. The van der Waals surface area contributed by atoms with Crippen molar-refractivity contribution in [1.29, 1.82) is 0 Å². The number of carbonyl (C=O) groups is 2. The van der Waals surface area contributed by atoms with E-state index in [1.54, 1.807) is 23.6 Å². The lowest BCUT2D eigenvalue weighted by Crippen LogP contribution is -2.67. The van der Waals surface area contributed by atoms with Gasteiger partial charge in [-0.05, 0) is 13.8 Å². The van der Waals surface area contributed by atoms with Gasteiger partial charge in [0, 0.05) is 12.6 Å². The normalized spacial score (nSPS) is 27.0. The average molecular weight is 320 g/mol. The predicted octanol–water partition coefficient (Wildman–Crippen LogP) is -0.599. The van der Waals surface area contributed by atoms with Gasteiger partial charge in [0.2, 0.25) is 0 Å². The van der Waals surface area contributed by atoms with Gasteiger partial charge in [-0.1, -0.05) is 0 Å². The second kappa shape index (κ2) is 5.45. The summed E-state index contributed by atoms with van der Waals surface area (Å²) in [5.74, 6) is -1.07. The lowest BCUT2D eigenvalue weighted by molar-refractivity contribution is -0.160. The first-order valence-electron chi connectivity index (χ1n) is 6.74. The smallest absolute Gasteiger partial charge is 0.329 e. The van der Waals surface area contributed by atoms with E-state index in [1.807, 2.05) is 0 Å². The van der Waals surface area contributed by atoms with Crippen molar-refractivity contribution in [3.63, 3.8) is 0 Å². The maximum absolute atomic E-state index is 12.3. The van der Waals surface area contributed by atoms with Gasteiger partial charge in [0.25, 0.3) is 0 Å². The molecule has 0 saturated carbocycles. The number of urea groups is 1. The van der Waals surface area contributed by atoms with E-state index in [0.29, 0.717) is 13.1 Å². The number of likely N-dealkylation sites (tertiary alicyclic amines) is 1. The van der Waals surface area contributed by atoms with E-state index in [0.717, 1.165) is 0 Å². The van der Waals surface area contributed by atoms with Crippen LogP contribution in [-0.4, -0.2) is 84.7 Å². The van der Waals surface area contributed by atoms with Crippen LogP contribution in [0.3, 0.4) is 0 Å². The molecule has 2 saturated heterocycles. The molecule has 1 unspecified atom stereocenters. The molecule has 0 aromatic carbocycles. The molecule has 8 nitrogen and oxygen atoms in total. The topological polar surface area (TPSA) is 104 Å². The van der Waals surface area contributed by atoms with E-state index in [-0.39, 0.29) is 30.1 Å². The molecular weight excluding hydrogens is 300 g/mol. The van der Waals surface area contributed by atoms with Crippen molar-refractivity contribution in [2.75, 3.05) is 37.7 Å². The lowest BCUT2D eigenvalue weighted by Gasteiger charge is -2.49. The van der Waals surface area contributed by atoms with Gasteiger partial charge in [0.15, 0.2) is 9.84 Å². The molecule has 2 aliphatic rings. The van der Waals surface area contributed by atoms with Crippen LogP contribution in [0.2, 0.25) is 0 Å². The molecule has 2 fully saturated rings. The van der Waals surface area contributed by atoms with Crippen molar-refractivity contribution in [2.45, 2.75) is 25.5 Å². The Morgan fingerprint density at radius 2 is 2.00 bits per heavy atom. The Morgan fingerprint density at radius 3 is 2.52 bits per heavy atom. The molecule has 0 radical (unpaired) electrons. The predicted molar refractivity (Wildman–Crippen MR) is 73.8 cm³/mol. The van der Waals surface area contributed by atoms with Gasteiger partial charge in [0.1, 0.15) is 12.2 Å². The van der Waals surface area contributed by atoms with E-state index >= 15 is 0 Å². The van der Waals surface area contributed by atoms with Gasteiger partial charge >= 0.3 is 12.0 Å². The van der Waals surface area contributed by atoms with Crippen LogP contribution in [0.4, 0.5) is 4.79 Å². The number of hydrogen-bond acceptors (Lipinski definition) is 5. The molecule has 9 heteroatoms. The third kappa shape index (κ3) is 3.65. The number of nitrogens with zero attached hydrogens (tertiary/aromatic N) is 2. The molecule has 21 heavy (non-hydrogen) atoms. The third-order valence-electron chi connectivity index (χ3n) is 3.78. The minimum absolute atomic E-state index is 0.0102. The molecule has 1 N–H and O–H groups in total. The maximum Gasteiger partial charge on any atom is 0.329 e. The first-order valence-corrected chi connectivity index (χ1v) is 8.56. The number of hydrogen-bond donors (Lipinski definition) is 1. The van der Waals surface area contributed by atoms with Gasteiger partial charge < -0.3 is 19.6 Å². The SMILES string of the molecule is CC1CS(=O)(=O)CCN1C(=O)N1CC(C)(OCC(=O)O)C1. The van der Waals surface area contributed by atoms with Crippen molar-refractivity contribution in [2.24, 2.45) is 0 Å². The fraction of sp³-hybridized carbons (Fsp3) is 0.833. The minimum atomic E-state index is -3.06. The minimum Gasteiger partial charge on any atom is -0.480 e. The number of amides is 2. The fourth-order valence-corrected chi connectivity index (χ4v) is 4.24. The molecule has 0 spiro atoms. The highest BCUT2D eigenvalue weighted by Gasteiger charge is 2.45. The Bertz CT molecular complexity index is 540. The van der Waals surface area contributed by atoms with E-state index in [4.69, 9.17) is 9.84 Å². The van der Waals surface area contributed by atoms with Crippen molar-refractivity contribution in [3.05, 3.63) is 0 Å². The van der Waals surface area contributed by atoms with Gasteiger partial charge in [0.05, 0.1) is 24.6 Å². The molecule has 0 aromatic heterocycles. The fourth-order valence-electron chi connectivity index (χ4n) is 2.69. The summed E-state index contributed by atoms with van der Waals surface area (Å²) < 4.78 is 28.3. The Kier molecular flexibility index (Phi) is 4.16. The highest BCUT2D eigenvalue weighted by Crippen LogP contribution is 2.27. The van der Waals surface area contributed by atoms with Crippen molar-refractivity contribution < 1.29 is 27.9 Å². The monoisotopic (exact) mass is 320 g/mol. The quantitative estimate of drug-likeness (QED) is 0.745. The van der Waals surface area contributed by atoms with Crippen LogP contribution >= 0.6 is 0 Å². The number of ether oxygens (including phenoxy) is 1. The molecule has 120 valence electrons. The second-order valence-electron chi connectivity index (χ2n) is 5.93. The van der Waals surface area contributed by atoms with Crippen LogP contribution in [0.15, 0.2) is 0 Å². The molecule has 2 amide bonds. The maximum atomic E-state index is 12.3. The number of rotatable bonds is 3. The Morgan fingerprint density at radius 1 is 1.38 bits per heavy atom. The summed E-state index contributed by atoms with van der Waals surface area (Å²) in [5, 5.41) is 8.59. The van der Waals surface area contributed by atoms with Crippen LogP contribution in [0.5, 0.6) is 0 Å². The summed E-state index contributed by atoms with van der Waals surface area (Å²) in [6, 6.07) is -0.558.